The van der Waals surface area contributed by atoms with Crippen molar-refractivity contribution >= 4 is 21.9 Å². The van der Waals surface area contributed by atoms with Gasteiger partial charge >= 0.3 is 5.97 Å². The van der Waals surface area contributed by atoms with E-state index in [0.717, 1.165) is 16.6 Å². The maximum absolute atomic E-state index is 11.3. The van der Waals surface area contributed by atoms with Crippen molar-refractivity contribution in [3.8, 4) is 11.5 Å². The molecule has 2 aromatic carbocycles. The lowest BCUT2D eigenvalue weighted by molar-refractivity contribution is 0.0600. The van der Waals surface area contributed by atoms with Gasteiger partial charge in [-0.15, -0.1) is 0 Å². The minimum absolute atomic E-state index is 0.354. The molecule has 2 aromatic rings. The maximum Gasteiger partial charge on any atom is 0.337 e. The highest BCUT2D eigenvalue weighted by atomic mass is 79.9. The van der Waals surface area contributed by atoms with Crippen molar-refractivity contribution in [3.63, 3.8) is 0 Å². The van der Waals surface area contributed by atoms with Crippen molar-refractivity contribution in [1.29, 1.82) is 0 Å². The Morgan fingerprint density at radius 1 is 1.11 bits per heavy atom. The number of hydrogen-bond acceptors (Lipinski definition) is 3. The fourth-order valence-corrected chi connectivity index (χ4v) is 2.08. The van der Waals surface area contributed by atoms with Crippen LogP contribution in [0.5, 0.6) is 11.5 Å². The second-order valence-corrected chi connectivity index (χ2v) is 4.42. The van der Waals surface area contributed by atoms with Crippen LogP contribution < -0.4 is 4.74 Å². The molecule has 0 atom stereocenters. The topological polar surface area (TPSA) is 35.5 Å². The van der Waals surface area contributed by atoms with Gasteiger partial charge in [-0.3, -0.25) is 0 Å². The van der Waals surface area contributed by atoms with Gasteiger partial charge in [-0.2, -0.15) is 0 Å². The Labute approximate surface area is 120 Å². The quantitative estimate of drug-likeness (QED) is 0.626. The van der Waals surface area contributed by atoms with Crippen LogP contribution in [0.15, 0.2) is 48.5 Å². The maximum atomic E-state index is 11.3. The van der Waals surface area contributed by atoms with Crippen LogP contribution in [0.25, 0.3) is 0 Å². The molecular formula is C15H13BrO3. The standard InChI is InChI=1S/C15H13BrO3/c1-18-15(17)11-6-8-13(9-7-11)19-14-5-3-2-4-12(14)10-16/h2-9H,10H2,1H3. The second kappa shape index (κ2) is 6.38. The van der Waals surface area contributed by atoms with Crippen LogP contribution in [0, 0.1) is 0 Å². The molecule has 0 heterocycles. The van der Waals surface area contributed by atoms with Gasteiger partial charge in [0.25, 0.3) is 0 Å². The van der Waals surface area contributed by atoms with E-state index in [0.29, 0.717) is 11.3 Å². The molecule has 2 rings (SSSR count). The van der Waals surface area contributed by atoms with Gasteiger partial charge in [0.2, 0.25) is 0 Å². The van der Waals surface area contributed by atoms with E-state index in [1.165, 1.54) is 7.11 Å². The third-order valence-corrected chi connectivity index (χ3v) is 3.22. The summed E-state index contributed by atoms with van der Waals surface area (Å²) in [6.07, 6.45) is 0. The lowest BCUT2D eigenvalue weighted by Crippen LogP contribution is -2.00. The second-order valence-electron chi connectivity index (χ2n) is 3.86. The van der Waals surface area contributed by atoms with E-state index < -0.39 is 0 Å². The van der Waals surface area contributed by atoms with Gasteiger partial charge in [0, 0.05) is 10.9 Å². The van der Waals surface area contributed by atoms with Crippen LogP contribution in [0.2, 0.25) is 0 Å². The molecule has 0 N–H and O–H groups in total. The molecule has 0 aromatic heterocycles. The van der Waals surface area contributed by atoms with E-state index in [1.54, 1.807) is 24.3 Å². The number of methoxy groups -OCH3 is 1. The number of halogens is 1. The number of hydrogen-bond donors (Lipinski definition) is 0. The Morgan fingerprint density at radius 3 is 2.42 bits per heavy atom. The van der Waals surface area contributed by atoms with E-state index in [9.17, 15) is 4.79 Å². The largest absolute Gasteiger partial charge is 0.465 e. The molecule has 0 fully saturated rings. The van der Waals surface area contributed by atoms with Gasteiger partial charge in [-0.1, -0.05) is 34.1 Å². The summed E-state index contributed by atoms with van der Waals surface area (Å²) in [5.74, 6) is 1.12. The molecular weight excluding hydrogens is 308 g/mol. The van der Waals surface area contributed by atoms with Gasteiger partial charge in [0.1, 0.15) is 11.5 Å². The van der Waals surface area contributed by atoms with E-state index in [2.05, 4.69) is 20.7 Å². The number of alkyl halides is 1. The SMILES string of the molecule is COC(=O)c1ccc(Oc2ccccc2CBr)cc1. The van der Waals surface area contributed by atoms with Crippen molar-refractivity contribution in [2.24, 2.45) is 0 Å². The van der Waals surface area contributed by atoms with Gasteiger partial charge in [0.05, 0.1) is 12.7 Å². The van der Waals surface area contributed by atoms with Crippen LogP contribution in [-0.2, 0) is 10.1 Å². The Morgan fingerprint density at radius 2 is 1.79 bits per heavy atom. The number of carbonyl (C=O) groups excluding carboxylic acids is 1. The average Bonchev–Trinajstić information content (AvgIpc) is 2.48. The van der Waals surface area contributed by atoms with Crippen molar-refractivity contribution in [1.82, 2.24) is 0 Å². The molecule has 0 aliphatic carbocycles. The predicted octanol–water partition coefficient (Wildman–Crippen LogP) is 4.16. The fraction of sp³-hybridized carbons (Fsp3) is 0.133. The Hall–Kier alpha value is -1.81. The molecule has 98 valence electrons. The highest BCUT2D eigenvalue weighted by molar-refractivity contribution is 9.08. The molecule has 0 amide bonds. The van der Waals surface area contributed by atoms with Crippen LogP contribution in [0.1, 0.15) is 15.9 Å². The molecule has 19 heavy (non-hydrogen) atoms. The van der Waals surface area contributed by atoms with E-state index in [1.807, 2.05) is 24.3 Å². The lowest BCUT2D eigenvalue weighted by Gasteiger charge is -2.09. The summed E-state index contributed by atoms with van der Waals surface area (Å²) in [7, 11) is 1.36. The minimum Gasteiger partial charge on any atom is -0.465 e. The van der Waals surface area contributed by atoms with Crippen molar-refractivity contribution in [2.45, 2.75) is 5.33 Å². The first kappa shape index (κ1) is 13.6. The summed E-state index contributed by atoms with van der Waals surface area (Å²) in [4.78, 5) is 11.3. The van der Waals surface area contributed by atoms with Crippen molar-refractivity contribution in [3.05, 3.63) is 59.7 Å². The molecule has 0 unspecified atom stereocenters. The van der Waals surface area contributed by atoms with E-state index in [-0.39, 0.29) is 5.97 Å². The number of rotatable bonds is 4. The zero-order valence-corrected chi connectivity index (χ0v) is 12.0. The van der Waals surface area contributed by atoms with E-state index in [4.69, 9.17) is 4.74 Å². The van der Waals surface area contributed by atoms with Crippen molar-refractivity contribution in [2.75, 3.05) is 7.11 Å². The monoisotopic (exact) mass is 320 g/mol. The molecule has 0 saturated heterocycles. The molecule has 0 bridgehead atoms. The van der Waals surface area contributed by atoms with E-state index >= 15 is 0 Å². The van der Waals surface area contributed by atoms with Crippen LogP contribution >= 0.6 is 15.9 Å². The van der Waals surface area contributed by atoms with Crippen LogP contribution in [0.3, 0.4) is 0 Å². The average molecular weight is 321 g/mol. The number of benzene rings is 2. The van der Waals surface area contributed by atoms with Gasteiger partial charge in [-0.25, -0.2) is 4.79 Å². The smallest absolute Gasteiger partial charge is 0.337 e. The number of para-hydroxylation sites is 1. The predicted molar refractivity (Wildman–Crippen MR) is 76.9 cm³/mol. The lowest BCUT2D eigenvalue weighted by atomic mass is 10.2. The van der Waals surface area contributed by atoms with Gasteiger partial charge in [-0.05, 0) is 30.3 Å². The molecule has 0 spiro atoms. The highest BCUT2D eigenvalue weighted by Crippen LogP contribution is 2.26. The number of carbonyl (C=O) groups is 1. The van der Waals surface area contributed by atoms with Crippen LogP contribution in [0.4, 0.5) is 0 Å². The molecule has 0 radical (unpaired) electrons. The summed E-state index contributed by atoms with van der Waals surface area (Å²) in [6.45, 7) is 0. The molecule has 0 aliphatic rings. The summed E-state index contributed by atoms with van der Waals surface area (Å²) in [5, 5.41) is 0.726. The van der Waals surface area contributed by atoms with Gasteiger partial charge in [0.15, 0.2) is 0 Å². The molecule has 0 saturated carbocycles. The molecule has 0 aliphatic heterocycles. The summed E-state index contributed by atoms with van der Waals surface area (Å²) < 4.78 is 10.4. The normalized spacial score (nSPS) is 10.0. The third kappa shape index (κ3) is 3.35. The first-order chi connectivity index (χ1) is 9.24. The zero-order valence-electron chi connectivity index (χ0n) is 10.4. The fourth-order valence-electron chi connectivity index (χ4n) is 1.62. The summed E-state index contributed by atoms with van der Waals surface area (Å²) >= 11 is 3.42. The highest BCUT2D eigenvalue weighted by Gasteiger charge is 2.06. The Bertz CT molecular complexity index is 564. The number of esters is 1. The summed E-state index contributed by atoms with van der Waals surface area (Å²) in [6, 6.07) is 14.6. The van der Waals surface area contributed by atoms with Crippen molar-refractivity contribution < 1.29 is 14.3 Å². The Balaban J connectivity index is 2.17. The van der Waals surface area contributed by atoms with Crippen LogP contribution in [-0.4, -0.2) is 13.1 Å². The first-order valence-corrected chi connectivity index (χ1v) is 6.87. The molecule has 4 heteroatoms. The first-order valence-electron chi connectivity index (χ1n) is 5.74. The number of ether oxygens (including phenoxy) is 2. The third-order valence-electron chi connectivity index (χ3n) is 2.62. The zero-order chi connectivity index (χ0) is 13.7. The summed E-state index contributed by atoms with van der Waals surface area (Å²) in [5.41, 5.74) is 1.57. The Kier molecular flexibility index (Phi) is 4.58. The molecule has 3 nitrogen and oxygen atoms in total. The van der Waals surface area contributed by atoms with Gasteiger partial charge < -0.3 is 9.47 Å². The minimum atomic E-state index is -0.354.